The van der Waals surface area contributed by atoms with Gasteiger partial charge in [0.1, 0.15) is 23.8 Å². The maximum Gasteiger partial charge on any atom is 0.405 e. The van der Waals surface area contributed by atoms with Gasteiger partial charge >= 0.3 is 6.18 Å². The highest BCUT2D eigenvalue weighted by Crippen LogP contribution is 2.35. The van der Waals surface area contributed by atoms with Crippen LogP contribution in [0, 0.1) is 0 Å². The summed E-state index contributed by atoms with van der Waals surface area (Å²) in [5.74, 6) is -0.0511. The van der Waals surface area contributed by atoms with Gasteiger partial charge in [0.15, 0.2) is 6.29 Å². The molecule has 0 amide bonds. The van der Waals surface area contributed by atoms with Crippen molar-refractivity contribution in [1.82, 2.24) is 9.97 Å². The number of rotatable bonds is 4. The number of alkyl halides is 3. The zero-order valence-electron chi connectivity index (χ0n) is 9.12. The summed E-state index contributed by atoms with van der Waals surface area (Å²) in [5, 5.41) is -0.136. The predicted molar refractivity (Wildman–Crippen MR) is 58.9 cm³/mol. The van der Waals surface area contributed by atoms with Crippen LogP contribution >= 0.6 is 11.6 Å². The molecule has 0 radical (unpaired) electrons. The molecule has 0 aliphatic heterocycles. The first-order chi connectivity index (χ1) is 8.42. The van der Waals surface area contributed by atoms with Crippen LogP contribution in [0.2, 0.25) is 5.15 Å². The van der Waals surface area contributed by atoms with Gasteiger partial charge in [-0.1, -0.05) is 11.6 Å². The van der Waals surface area contributed by atoms with Crippen molar-refractivity contribution >= 4 is 23.7 Å². The van der Waals surface area contributed by atoms with Gasteiger partial charge in [-0.2, -0.15) is 13.2 Å². The van der Waals surface area contributed by atoms with E-state index in [9.17, 15) is 18.0 Å². The quantitative estimate of drug-likeness (QED) is 0.627. The van der Waals surface area contributed by atoms with Crippen LogP contribution < -0.4 is 4.90 Å². The first-order valence-corrected chi connectivity index (χ1v) is 5.59. The highest BCUT2D eigenvalue weighted by atomic mass is 35.5. The van der Waals surface area contributed by atoms with E-state index in [1.807, 2.05) is 0 Å². The average molecular weight is 280 g/mol. The minimum absolute atomic E-state index is 0.0511. The van der Waals surface area contributed by atoms with E-state index in [1.54, 1.807) is 0 Å². The van der Waals surface area contributed by atoms with E-state index in [1.165, 1.54) is 0 Å². The number of carbonyl (C=O) groups is 1. The minimum atomic E-state index is -4.36. The fourth-order valence-electron chi connectivity index (χ4n) is 1.65. The molecule has 1 saturated carbocycles. The van der Waals surface area contributed by atoms with Gasteiger partial charge in [0.05, 0.1) is 5.56 Å². The van der Waals surface area contributed by atoms with Gasteiger partial charge in [0, 0.05) is 6.04 Å². The van der Waals surface area contributed by atoms with Crippen molar-refractivity contribution in [2.24, 2.45) is 0 Å². The molecule has 0 aromatic carbocycles. The molecule has 1 fully saturated rings. The second-order valence-corrected chi connectivity index (χ2v) is 4.35. The Labute approximate surface area is 106 Å². The van der Waals surface area contributed by atoms with Gasteiger partial charge < -0.3 is 4.90 Å². The van der Waals surface area contributed by atoms with Crippen LogP contribution in [0.3, 0.4) is 0 Å². The first-order valence-electron chi connectivity index (χ1n) is 5.21. The lowest BCUT2D eigenvalue weighted by Gasteiger charge is -2.25. The molecule has 0 unspecified atom stereocenters. The molecule has 0 atom stereocenters. The van der Waals surface area contributed by atoms with Crippen molar-refractivity contribution < 1.29 is 18.0 Å². The molecule has 18 heavy (non-hydrogen) atoms. The van der Waals surface area contributed by atoms with Crippen molar-refractivity contribution in [2.75, 3.05) is 11.4 Å². The van der Waals surface area contributed by atoms with Crippen molar-refractivity contribution in [3.8, 4) is 0 Å². The molecular formula is C10H9ClF3N3O. The van der Waals surface area contributed by atoms with Crippen LogP contribution in [0.5, 0.6) is 0 Å². The van der Waals surface area contributed by atoms with E-state index in [0.29, 0.717) is 19.1 Å². The second kappa shape index (κ2) is 4.72. The lowest BCUT2D eigenvalue weighted by molar-refractivity contribution is -0.120. The summed E-state index contributed by atoms with van der Waals surface area (Å²) in [7, 11) is 0. The fourth-order valence-corrected chi connectivity index (χ4v) is 1.82. The van der Waals surface area contributed by atoms with E-state index >= 15 is 0 Å². The number of hydrogen-bond acceptors (Lipinski definition) is 4. The molecule has 1 aromatic rings. The summed E-state index contributed by atoms with van der Waals surface area (Å²) >= 11 is 5.68. The Balaban J connectivity index is 2.36. The smallest absolute Gasteiger partial charge is 0.344 e. The van der Waals surface area contributed by atoms with Crippen molar-refractivity contribution in [1.29, 1.82) is 0 Å². The number of hydrogen-bond donors (Lipinski definition) is 0. The topological polar surface area (TPSA) is 46.1 Å². The highest BCUT2D eigenvalue weighted by Gasteiger charge is 2.39. The normalized spacial score (nSPS) is 15.6. The zero-order chi connectivity index (χ0) is 13.3. The van der Waals surface area contributed by atoms with Crippen LogP contribution in [0.15, 0.2) is 6.33 Å². The van der Waals surface area contributed by atoms with Crippen molar-refractivity contribution in [3.63, 3.8) is 0 Å². The van der Waals surface area contributed by atoms with Gasteiger partial charge in [-0.15, -0.1) is 0 Å². The van der Waals surface area contributed by atoms with Crippen LogP contribution in [0.4, 0.5) is 19.0 Å². The van der Waals surface area contributed by atoms with Gasteiger partial charge in [0.25, 0.3) is 0 Å². The summed E-state index contributed by atoms with van der Waals surface area (Å²) in [6.45, 7) is -1.15. The molecule has 1 aliphatic carbocycles. The Morgan fingerprint density at radius 2 is 2.11 bits per heavy atom. The number of aldehydes is 1. The fraction of sp³-hybridized carbons (Fsp3) is 0.500. The molecule has 1 aromatic heterocycles. The number of nitrogens with zero attached hydrogens (tertiary/aromatic N) is 3. The minimum Gasteiger partial charge on any atom is -0.344 e. The summed E-state index contributed by atoms with van der Waals surface area (Å²) < 4.78 is 37.5. The maximum atomic E-state index is 12.5. The molecule has 0 N–H and O–H groups in total. The lowest BCUT2D eigenvalue weighted by Crippen LogP contribution is -2.37. The molecule has 8 heteroatoms. The zero-order valence-corrected chi connectivity index (χ0v) is 9.87. The monoisotopic (exact) mass is 279 g/mol. The molecular weight excluding hydrogens is 271 g/mol. The highest BCUT2D eigenvalue weighted by molar-refractivity contribution is 6.32. The SMILES string of the molecule is O=Cc1c(Cl)ncnc1N(CC(F)(F)F)C1CC1. The van der Waals surface area contributed by atoms with Crippen LogP contribution in [0.25, 0.3) is 0 Å². The molecule has 98 valence electrons. The number of carbonyl (C=O) groups excluding carboxylic acids is 1. The molecule has 0 saturated heterocycles. The van der Waals surface area contributed by atoms with Crippen molar-refractivity contribution in [3.05, 3.63) is 17.0 Å². The molecule has 2 rings (SSSR count). The summed E-state index contributed by atoms with van der Waals surface area (Å²) in [4.78, 5) is 19.3. The Kier molecular flexibility index (Phi) is 3.43. The number of halogens is 4. The molecule has 4 nitrogen and oxygen atoms in total. The molecule has 1 heterocycles. The standard InChI is InChI=1S/C10H9ClF3N3O/c11-8-7(3-18)9(16-5-15-8)17(6-1-2-6)4-10(12,13)14/h3,5-6H,1-2,4H2. The average Bonchev–Trinajstić information content (AvgIpc) is 3.08. The van der Waals surface area contributed by atoms with Crippen LogP contribution in [-0.2, 0) is 0 Å². The van der Waals surface area contributed by atoms with Gasteiger partial charge in [-0.3, -0.25) is 4.79 Å². The van der Waals surface area contributed by atoms with E-state index < -0.39 is 12.7 Å². The van der Waals surface area contributed by atoms with E-state index in [2.05, 4.69) is 9.97 Å². The number of anilines is 1. The first kappa shape index (κ1) is 13.1. The second-order valence-electron chi connectivity index (χ2n) is 3.99. The van der Waals surface area contributed by atoms with E-state index in [-0.39, 0.29) is 22.6 Å². The Hall–Kier alpha value is -1.37. The largest absolute Gasteiger partial charge is 0.405 e. The summed E-state index contributed by atoms with van der Waals surface area (Å²) in [6, 6.07) is -0.240. The molecule has 1 aliphatic rings. The van der Waals surface area contributed by atoms with Crippen LogP contribution in [-0.4, -0.2) is 35.0 Å². The maximum absolute atomic E-state index is 12.5. The van der Waals surface area contributed by atoms with E-state index in [4.69, 9.17) is 11.6 Å². The van der Waals surface area contributed by atoms with Gasteiger partial charge in [-0.05, 0) is 12.8 Å². The van der Waals surface area contributed by atoms with E-state index in [0.717, 1.165) is 11.2 Å². The summed E-state index contributed by atoms with van der Waals surface area (Å²) in [6.07, 6.45) is -1.63. The Morgan fingerprint density at radius 1 is 1.44 bits per heavy atom. The summed E-state index contributed by atoms with van der Waals surface area (Å²) in [5.41, 5.74) is -0.102. The third-order valence-electron chi connectivity index (χ3n) is 2.54. The lowest BCUT2D eigenvalue weighted by atomic mass is 10.3. The van der Waals surface area contributed by atoms with Gasteiger partial charge in [-0.25, -0.2) is 9.97 Å². The Morgan fingerprint density at radius 3 is 2.61 bits per heavy atom. The van der Waals surface area contributed by atoms with Gasteiger partial charge in [0.2, 0.25) is 0 Å². The van der Waals surface area contributed by atoms with Crippen molar-refractivity contribution in [2.45, 2.75) is 25.1 Å². The van der Waals surface area contributed by atoms with Crippen LogP contribution in [0.1, 0.15) is 23.2 Å². The third kappa shape index (κ3) is 2.90. The Bertz CT molecular complexity index is 462. The number of aromatic nitrogens is 2. The predicted octanol–water partition coefficient (Wildman–Crippen LogP) is 2.47. The molecule has 0 spiro atoms. The third-order valence-corrected chi connectivity index (χ3v) is 2.84. The molecule has 0 bridgehead atoms.